The van der Waals surface area contributed by atoms with Gasteiger partial charge in [0.05, 0.1) is 29.7 Å². The van der Waals surface area contributed by atoms with Gasteiger partial charge in [-0.05, 0) is 59.7 Å². The molecule has 0 bridgehead atoms. The minimum absolute atomic E-state index is 0.0313. The number of nitrogens with zero attached hydrogens (tertiary/aromatic N) is 2. The highest BCUT2D eigenvalue weighted by Crippen LogP contribution is 2.38. The first-order valence-corrected chi connectivity index (χ1v) is 13.0. The molecule has 1 aromatic heterocycles. The Balaban J connectivity index is 1.57. The zero-order valence-electron chi connectivity index (χ0n) is 22.2. The number of nitrogens with one attached hydrogen (secondary N) is 1. The van der Waals surface area contributed by atoms with E-state index < -0.39 is 17.8 Å². The molecule has 0 saturated carbocycles. The Morgan fingerprint density at radius 3 is 1.93 bits per heavy atom. The molecule has 7 nitrogen and oxygen atoms in total. The average molecular weight is 540 g/mol. The van der Waals surface area contributed by atoms with E-state index in [1.54, 1.807) is 30.3 Å². The topological polar surface area (TPSA) is 80.6 Å². The smallest absolute Gasteiger partial charge is 0.337 e. The molecule has 0 radical (unpaired) electrons. The van der Waals surface area contributed by atoms with E-state index in [9.17, 15) is 14.4 Å². The number of hydrogen-bond donors (Lipinski definition) is 1. The lowest BCUT2D eigenvalue weighted by Crippen LogP contribution is -2.35. The van der Waals surface area contributed by atoms with Crippen LogP contribution >= 0.6 is 0 Å². The van der Waals surface area contributed by atoms with Crippen molar-refractivity contribution in [1.82, 2.24) is 9.99 Å². The first-order chi connectivity index (χ1) is 20.0. The number of amides is 2. The SMILES string of the molecule is COC(=O)c1ccc(-n2c(-c3ccccc3)cc(/C=C3/C(=O)NN(c4ccccc4)C3=O)c2-c2ccccc2)cc1. The molecule has 1 aliphatic heterocycles. The van der Waals surface area contributed by atoms with E-state index in [0.717, 1.165) is 28.2 Å². The van der Waals surface area contributed by atoms with Gasteiger partial charge in [0, 0.05) is 11.3 Å². The Bertz CT molecular complexity index is 1780. The predicted molar refractivity (Wildman–Crippen MR) is 158 cm³/mol. The summed E-state index contributed by atoms with van der Waals surface area (Å²) in [6, 6.07) is 37.8. The van der Waals surface area contributed by atoms with E-state index in [4.69, 9.17) is 4.74 Å². The number of hydrogen-bond acceptors (Lipinski definition) is 4. The van der Waals surface area contributed by atoms with E-state index in [1.807, 2.05) is 97.1 Å². The Kier molecular flexibility index (Phi) is 6.75. The van der Waals surface area contributed by atoms with Crippen LogP contribution in [-0.4, -0.2) is 29.5 Å². The maximum absolute atomic E-state index is 13.5. The van der Waals surface area contributed by atoms with E-state index in [-0.39, 0.29) is 5.57 Å². The number of aromatic nitrogens is 1. The van der Waals surface area contributed by atoms with Gasteiger partial charge in [-0.3, -0.25) is 15.0 Å². The third-order valence-corrected chi connectivity index (χ3v) is 6.90. The summed E-state index contributed by atoms with van der Waals surface area (Å²) in [6.07, 6.45) is 1.65. The van der Waals surface area contributed by atoms with Gasteiger partial charge in [-0.15, -0.1) is 0 Å². The van der Waals surface area contributed by atoms with Gasteiger partial charge in [0.25, 0.3) is 11.8 Å². The van der Waals surface area contributed by atoms with Crippen LogP contribution in [0.2, 0.25) is 0 Å². The van der Waals surface area contributed by atoms with Crippen LogP contribution < -0.4 is 10.4 Å². The highest BCUT2D eigenvalue weighted by atomic mass is 16.5. The molecule has 0 unspecified atom stereocenters. The first-order valence-electron chi connectivity index (χ1n) is 13.0. The number of methoxy groups -OCH3 is 1. The molecule has 1 fully saturated rings. The number of para-hydroxylation sites is 1. The Morgan fingerprint density at radius 1 is 0.732 bits per heavy atom. The second-order valence-electron chi connectivity index (χ2n) is 9.41. The van der Waals surface area contributed by atoms with Gasteiger partial charge in [0.15, 0.2) is 0 Å². The first kappa shape index (κ1) is 25.6. The zero-order valence-corrected chi connectivity index (χ0v) is 22.2. The highest BCUT2D eigenvalue weighted by Gasteiger charge is 2.35. The molecule has 0 aliphatic carbocycles. The molecule has 1 aliphatic rings. The lowest BCUT2D eigenvalue weighted by atomic mass is 10.0. The molecular weight excluding hydrogens is 514 g/mol. The van der Waals surface area contributed by atoms with E-state index in [1.165, 1.54) is 12.1 Å². The molecule has 5 aromatic rings. The van der Waals surface area contributed by atoms with Crippen molar-refractivity contribution in [2.75, 3.05) is 12.1 Å². The molecule has 0 atom stereocenters. The lowest BCUT2D eigenvalue weighted by Gasteiger charge is -2.15. The summed E-state index contributed by atoms with van der Waals surface area (Å²) in [6.45, 7) is 0. The second-order valence-corrected chi connectivity index (χ2v) is 9.41. The van der Waals surface area contributed by atoms with Crippen LogP contribution in [0, 0.1) is 0 Å². The molecule has 6 rings (SSSR count). The lowest BCUT2D eigenvalue weighted by molar-refractivity contribution is -0.117. The molecule has 200 valence electrons. The largest absolute Gasteiger partial charge is 0.465 e. The summed E-state index contributed by atoms with van der Waals surface area (Å²) in [5.41, 5.74) is 8.70. The van der Waals surface area contributed by atoms with Crippen molar-refractivity contribution >= 4 is 29.5 Å². The van der Waals surface area contributed by atoms with Crippen LogP contribution in [0.3, 0.4) is 0 Å². The molecule has 2 heterocycles. The zero-order chi connectivity index (χ0) is 28.3. The van der Waals surface area contributed by atoms with Gasteiger partial charge in [0.2, 0.25) is 0 Å². The molecule has 1 N–H and O–H groups in total. The molecule has 4 aromatic carbocycles. The molecule has 0 spiro atoms. The summed E-state index contributed by atoms with van der Waals surface area (Å²) >= 11 is 0. The van der Waals surface area contributed by atoms with E-state index in [2.05, 4.69) is 9.99 Å². The van der Waals surface area contributed by atoms with Gasteiger partial charge in [0.1, 0.15) is 5.57 Å². The Labute approximate surface area is 236 Å². The maximum Gasteiger partial charge on any atom is 0.337 e. The third-order valence-electron chi connectivity index (χ3n) is 6.90. The van der Waals surface area contributed by atoms with Crippen molar-refractivity contribution in [2.45, 2.75) is 0 Å². The molecule has 1 saturated heterocycles. The number of benzene rings is 4. The van der Waals surface area contributed by atoms with Crippen LogP contribution in [0.15, 0.2) is 127 Å². The number of hydrazine groups is 1. The van der Waals surface area contributed by atoms with Crippen molar-refractivity contribution < 1.29 is 19.1 Å². The standard InChI is InChI=1S/C34H25N3O4/c1-41-34(40)25-17-19-27(20-18-25)36-30(23-11-5-2-6-12-23)22-26(31(36)24-13-7-3-8-14-24)21-29-32(38)35-37(33(29)39)28-15-9-4-10-16-28/h2-22H,1H3,(H,35,38)/b29-21-. The summed E-state index contributed by atoms with van der Waals surface area (Å²) in [5, 5.41) is 1.26. The Morgan fingerprint density at radius 2 is 1.32 bits per heavy atom. The summed E-state index contributed by atoms with van der Waals surface area (Å²) in [7, 11) is 1.35. The van der Waals surface area contributed by atoms with E-state index in [0.29, 0.717) is 16.8 Å². The maximum atomic E-state index is 13.5. The normalized spacial score (nSPS) is 13.9. The van der Waals surface area contributed by atoms with Crippen LogP contribution in [0.25, 0.3) is 34.3 Å². The van der Waals surface area contributed by atoms with Crippen LogP contribution in [0.5, 0.6) is 0 Å². The number of carbonyl (C=O) groups is 3. The predicted octanol–water partition coefficient (Wildman–Crippen LogP) is 6.06. The number of rotatable bonds is 6. The fourth-order valence-electron chi connectivity index (χ4n) is 4.96. The summed E-state index contributed by atoms with van der Waals surface area (Å²) < 4.78 is 6.95. The van der Waals surface area contributed by atoms with Crippen molar-refractivity contribution in [3.05, 3.63) is 138 Å². The monoisotopic (exact) mass is 539 g/mol. The molecular formula is C34H25N3O4. The number of carbonyl (C=O) groups excluding carboxylic acids is 3. The number of ether oxygens (including phenoxy) is 1. The van der Waals surface area contributed by atoms with Crippen molar-refractivity contribution in [1.29, 1.82) is 0 Å². The fourth-order valence-corrected chi connectivity index (χ4v) is 4.96. The Hall–Kier alpha value is -5.69. The van der Waals surface area contributed by atoms with Gasteiger partial charge in [-0.25, -0.2) is 9.80 Å². The van der Waals surface area contributed by atoms with Gasteiger partial charge >= 0.3 is 5.97 Å². The van der Waals surface area contributed by atoms with Crippen molar-refractivity contribution in [3.8, 4) is 28.2 Å². The molecule has 41 heavy (non-hydrogen) atoms. The minimum atomic E-state index is -0.477. The molecule has 7 heteroatoms. The quantitative estimate of drug-likeness (QED) is 0.162. The van der Waals surface area contributed by atoms with Gasteiger partial charge in [-0.2, -0.15) is 0 Å². The second kappa shape index (κ2) is 10.8. The number of esters is 1. The van der Waals surface area contributed by atoms with Crippen molar-refractivity contribution in [3.63, 3.8) is 0 Å². The summed E-state index contributed by atoms with van der Waals surface area (Å²) in [5.74, 6) is -1.33. The minimum Gasteiger partial charge on any atom is -0.465 e. The molecule has 2 amide bonds. The van der Waals surface area contributed by atoms with Gasteiger partial charge < -0.3 is 9.30 Å². The van der Waals surface area contributed by atoms with Crippen LogP contribution in [0.1, 0.15) is 15.9 Å². The van der Waals surface area contributed by atoms with E-state index >= 15 is 0 Å². The highest BCUT2D eigenvalue weighted by molar-refractivity contribution is 6.31. The fraction of sp³-hybridized carbons (Fsp3) is 0.0294. The van der Waals surface area contributed by atoms with Gasteiger partial charge in [-0.1, -0.05) is 78.9 Å². The number of anilines is 1. The third kappa shape index (κ3) is 4.81. The van der Waals surface area contributed by atoms with Crippen molar-refractivity contribution in [2.24, 2.45) is 0 Å². The summed E-state index contributed by atoms with van der Waals surface area (Å²) in [4.78, 5) is 38.7. The van der Waals surface area contributed by atoms with Crippen LogP contribution in [0.4, 0.5) is 5.69 Å². The average Bonchev–Trinajstić information content (AvgIpc) is 3.55. The van der Waals surface area contributed by atoms with Crippen LogP contribution in [-0.2, 0) is 14.3 Å².